The molecule has 1 atom stereocenters. The predicted molar refractivity (Wildman–Crippen MR) is 99.8 cm³/mol. The molecule has 6 nitrogen and oxygen atoms in total. The minimum Gasteiger partial charge on any atom is -0.313 e. The van der Waals surface area contributed by atoms with Crippen LogP contribution in [-0.4, -0.2) is 36.0 Å². The molecule has 1 unspecified atom stereocenters. The van der Waals surface area contributed by atoms with E-state index in [4.69, 9.17) is 5.26 Å². The summed E-state index contributed by atoms with van der Waals surface area (Å²) in [5, 5.41) is 11.8. The van der Waals surface area contributed by atoms with Crippen LogP contribution in [0.5, 0.6) is 0 Å². The minimum absolute atomic E-state index is 0.0704. The summed E-state index contributed by atoms with van der Waals surface area (Å²) in [4.78, 5) is 28.8. The molecule has 0 spiro atoms. The monoisotopic (exact) mass is 348 g/mol. The number of amides is 3. The van der Waals surface area contributed by atoms with Crippen molar-refractivity contribution in [2.75, 3.05) is 23.3 Å². The Morgan fingerprint density at radius 2 is 2.04 bits per heavy atom. The second kappa shape index (κ2) is 7.70. The van der Waals surface area contributed by atoms with E-state index in [-0.39, 0.29) is 11.9 Å². The number of carbonyl (C=O) groups is 2. The molecule has 1 aliphatic rings. The molecule has 2 aromatic carbocycles. The number of likely N-dealkylation sites (N-methyl/N-ethyl adjacent to an activating group) is 1. The molecule has 1 saturated heterocycles. The standard InChI is InChI=1S/C20H20N4O2/c1-2-23(20(26)22-16-8-6-7-15(13-16)14-21)18-11-12-24(19(18)25)17-9-4-3-5-10-17/h3-10,13,18H,2,11-12H2,1H3,(H,22,26). The van der Waals surface area contributed by atoms with Crippen molar-refractivity contribution in [2.24, 2.45) is 0 Å². The molecule has 6 heteroatoms. The fourth-order valence-electron chi connectivity index (χ4n) is 3.19. The molecular weight excluding hydrogens is 328 g/mol. The Labute approximate surface area is 152 Å². The first-order valence-electron chi connectivity index (χ1n) is 8.58. The molecule has 0 aliphatic carbocycles. The maximum absolute atomic E-state index is 12.8. The molecule has 3 rings (SSSR count). The van der Waals surface area contributed by atoms with Gasteiger partial charge in [-0.2, -0.15) is 5.26 Å². The van der Waals surface area contributed by atoms with E-state index >= 15 is 0 Å². The first-order chi connectivity index (χ1) is 12.6. The number of hydrogen-bond acceptors (Lipinski definition) is 3. The summed E-state index contributed by atoms with van der Waals surface area (Å²) in [6.07, 6.45) is 0.590. The van der Waals surface area contributed by atoms with Gasteiger partial charge in [-0.25, -0.2) is 4.79 Å². The number of para-hydroxylation sites is 1. The SMILES string of the molecule is CCN(C(=O)Nc1cccc(C#N)c1)C1CCN(c2ccccc2)C1=O. The lowest BCUT2D eigenvalue weighted by Gasteiger charge is -2.27. The van der Waals surface area contributed by atoms with Crippen LogP contribution in [-0.2, 0) is 4.79 Å². The fraction of sp³-hybridized carbons (Fsp3) is 0.250. The summed E-state index contributed by atoms with van der Waals surface area (Å²) >= 11 is 0. The summed E-state index contributed by atoms with van der Waals surface area (Å²) in [5.74, 6) is -0.0704. The number of anilines is 2. The van der Waals surface area contributed by atoms with Crippen molar-refractivity contribution in [1.82, 2.24) is 4.90 Å². The highest BCUT2D eigenvalue weighted by atomic mass is 16.2. The molecule has 3 amide bonds. The Hall–Kier alpha value is -3.33. The molecule has 0 saturated carbocycles. The molecule has 0 aromatic heterocycles. The zero-order chi connectivity index (χ0) is 18.5. The second-order valence-electron chi connectivity index (χ2n) is 6.04. The van der Waals surface area contributed by atoms with Gasteiger partial charge >= 0.3 is 6.03 Å². The third-order valence-electron chi connectivity index (χ3n) is 4.47. The smallest absolute Gasteiger partial charge is 0.313 e. The van der Waals surface area contributed by atoms with Crippen LogP contribution in [0, 0.1) is 11.3 Å². The van der Waals surface area contributed by atoms with Gasteiger partial charge in [-0.1, -0.05) is 24.3 Å². The van der Waals surface area contributed by atoms with Crippen molar-refractivity contribution < 1.29 is 9.59 Å². The molecule has 1 fully saturated rings. The van der Waals surface area contributed by atoms with Crippen molar-refractivity contribution in [3.63, 3.8) is 0 Å². The Balaban J connectivity index is 1.73. The summed E-state index contributed by atoms with van der Waals surface area (Å²) < 4.78 is 0. The van der Waals surface area contributed by atoms with Crippen molar-refractivity contribution >= 4 is 23.3 Å². The topological polar surface area (TPSA) is 76.4 Å². The van der Waals surface area contributed by atoms with Crippen molar-refractivity contribution in [3.05, 3.63) is 60.2 Å². The zero-order valence-electron chi connectivity index (χ0n) is 14.6. The van der Waals surface area contributed by atoms with Crippen LogP contribution < -0.4 is 10.2 Å². The highest BCUT2D eigenvalue weighted by Crippen LogP contribution is 2.24. The van der Waals surface area contributed by atoms with Gasteiger partial charge in [0.25, 0.3) is 0 Å². The van der Waals surface area contributed by atoms with Gasteiger partial charge in [-0.05, 0) is 43.7 Å². The molecule has 0 radical (unpaired) electrons. The average molecular weight is 348 g/mol. The van der Waals surface area contributed by atoms with Crippen molar-refractivity contribution in [1.29, 1.82) is 5.26 Å². The van der Waals surface area contributed by atoms with Crippen LogP contribution in [0.4, 0.5) is 16.2 Å². The van der Waals surface area contributed by atoms with Gasteiger partial charge in [0.05, 0.1) is 11.6 Å². The molecule has 0 bridgehead atoms. The Morgan fingerprint density at radius 1 is 1.27 bits per heavy atom. The predicted octanol–water partition coefficient (Wildman–Crippen LogP) is 3.22. The zero-order valence-corrected chi connectivity index (χ0v) is 14.6. The average Bonchev–Trinajstić information content (AvgIpc) is 3.04. The third-order valence-corrected chi connectivity index (χ3v) is 4.47. The highest BCUT2D eigenvalue weighted by molar-refractivity contribution is 6.02. The highest BCUT2D eigenvalue weighted by Gasteiger charge is 2.38. The molecular formula is C20H20N4O2. The fourth-order valence-corrected chi connectivity index (χ4v) is 3.19. The van der Waals surface area contributed by atoms with E-state index in [1.54, 1.807) is 34.1 Å². The third kappa shape index (κ3) is 3.52. The van der Waals surface area contributed by atoms with E-state index < -0.39 is 6.04 Å². The summed E-state index contributed by atoms with van der Waals surface area (Å²) in [6, 6.07) is 17.4. The van der Waals surface area contributed by atoms with Crippen LogP contribution in [0.15, 0.2) is 54.6 Å². The van der Waals surface area contributed by atoms with E-state index in [2.05, 4.69) is 5.32 Å². The van der Waals surface area contributed by atoms with Crippen LogP contribution in [0.3, 0.4) is 0 Å². The van der Waals surface area contributed by atoms with Gasteiger partial charge in [0.2, 0.25) is 5.91 Å². The molecule has 132 valence electrons. The molecule has 2 aromatic rings. The lowest BCUT2D eigenvalue weighted by Crippen LogP contribution is -2.47. The van der Waals surface area contributed by atoms with Gasteiger partial charge in [0.15, 0.2) is 0 Å². The maximum Gasteiger partial charge on any atom is 0.322 e. The lowest BCUT2D eigenvalue weighted by atomic mass is 10.2. The van der Waals surface area contributed by atoms with E-state index in [1.807, 2.05) is 43.3 Å². The van der Waals surface area contributed by atoms with E-state index in [1.165, 1.54) is 0 Å². The summed E-state index contributed by atoms with van der Waals surface area (Å²) in [6.45, 7) is 2.85. The lowest BCUT2D eigenvalue weighted by molar-refractivity contribution is -0.120. The molecule has 26 heavy (non-hydrogen) atoms. The Kier molecular flexibility index (Phi) is 5.18. The van der Waals surface area contributed by atoms with E-state index in [0.29, 0.717) is 30.8 Å². The number of hydrogen-bond donors (Lipinski definition) is 1. The largest absolute Gasteiger partial charge is 0.322 e. The quantitative estimate of drug-likeness (QED) is 0.922. The number of nitrogens with one attached hydrogen (secondary N) is 1. The van der Waals surface area contributed by atoms with Gasteiger partial charge < -0.3 is 15.1 Å². The number of benzene rings is 2. The minimum atomic E-state index is -0.487. The van der Waals surface area contributed by atoms with E-state index in [0.717, 1.165) is 5.69 Å². The number of carbonyl (C=O) groups excluding carboxylic acids is 2. The number of rotatable bonds is 4. The number of urea groups is 1. The van der Waals surface area contributed by atoms with Crippen molar-refractivity contribution in [2.45, 2.75) is 19.4 Å². The van der Waals surface area contributed by atoms with Gasteiger partial charge in [0, 0.05) is 24.5 Å². The number of nitrogens with zero attached hydrogens (tertiary/aromatic N) is 3. The van der Waals surface area contributed by atoms with Crippen LogP contribution in [0.1, 0.15) is 18.9 Å². The maximum atomic E-state index is 12.8. The van der Waals surface area contributed by atoms with Crippen LogP contribution in [0.2, 0.25) is 0 Å². The first kappa shape index (κ1) is 17.5. The summed E-state index contributed by atoms with van der Waals surface area (Å²) in [7, 11) is 0. The van der Waals surface area contributed by atoms with E-state index in [9.17, 15) is 9.59 Å². The normalized spacial score (nSPS) is 16.2. The second-order valence-corrected chi connectivity index (χ2v) is 6.04. The molecule has 1 heterocycles. The summed E-state index contributed by atoms with van der Waals surface area (Å²) in [5.41, 5.74) is 1.86. The number of nitriles is 1. The first-order valence-corrected chi connectivity index (χ1v) is 8.58. The van der Waals surface area contributed by atoms with Crippen LogP contribution in [0.25, 0.3) is 0 Å². The van der Waals surface area contributed by atoms with Gasteiger partial charge in [0.1, 0.15) is 6.04 Å². The van der Waals surface area contributed by atoms with Gasteiger partial charge in [-0.15, -0.1) is 0 Å². The Bertz CT molecular complexity index is 844. The van der Waals surface area contributed by atoms with Crippen LogP contribution >= 0.6 is 0 Å². The molecule has 1 N–H and O–H groups in total. The van der Waals surface area contributed by atoms with Gasteiger partial charge in [-0.3, -0.25) is 4.79 Å². The molecule has 1 aliphatic heterocycles. The van der Waals surface area contributed by atoms with Crippen molar-refractivity contribution in [3.8, 4) is 6.07 Å². The Morgan fingerprint density at radius 3 is 2.73 bits per heavy atom.